The van der Waals surface area contributed by atoms with Crippen LogP contribution < -0.4 is 9.67 Å². The number of carboxylic acid groups (broad SMARTS) is 1. The zero-order chi connectivity index (χ0) is 16.1. The molecule has 0 unspecified atom stereocenters. The minimum absolute atomic E-state index is 0.0898. The lowest BCUT2D eigenvalue weighted by Gasteiger charge is -2.18. The van der Waals surface area contributed by atoms with Gasteiger partial charge in [-0.1, -0.05) is 0 Å². The van der Waals surface area contributed by atoms with Gasteiger partial charge in [0, 0.05) is 37.5 Å². The number of hydrogen-bond acceptors (Lipinski definition) is 4. The van der Waals surface area contributed by atoms with Gasteiger partial charge in [-0.05, 0) is 25.3 Å². The summed E-state index contributed by atoms with van der Waals surface area (Å²) in [5, 5.41) is 20.0. The fourth-order valence-corrected chi connectivity index (χ4v) is 2.84. The highest BCUT2D eigenvalue weighted by Gasteiger charge is 2.37. The maximum absolute atomic E-state index is 11.7. The molecule has 120 valence electrons. The number of carboxylic acids is 1. The van der Waals surface area contributed by atoms with Gasteiger partial charge in [-0.2, -0.15) is 0 Å². The van der Waals surface area contributed by atoms with Crippen LogP contribution in [0.5, 0.6) is 0 Å². The summed E-state index contributed by atoms with van der Waals surface area (Å²) in [6.45, 7) is 0.799. The van der Waals surface area contributed by atoms with E-state index in [0.29, 0.717) is 12.8 Å². The molecule has 6 nitrogen and oxygen atoms in total. The van der Waals surface area contributed by atoms with Crippen LogP contribution in [0.25, 0.3) is 0 Å². The lowest BCUT2D eigenvalue weighted by atomic mass is 10.1. The first-order valence-electron chi connectivity index (χ1n) is 7.62. The first-order chi connectivity index (χ1) is 10.5. The van der Waals surface area contributed by atoms with Crippen molar-refractivity contribution in [2.24, 2.45) is 0 Å². The van der Waals surface area contributed by atoms with Crippen LogP contribution in [0.3, 0.4) is 0 Å². The molecule has 1 aliphatic heterocycles. The van der Waals surface area contributed by atoms with Gasteiger partial charge in [-0.15, -0.1) is 0 Å². The number of rotatable bonds is 7. The molecule has 1 saturated heterocycles. The van der Waals surface area contributed by atoms with Crippen LogP contribution in [-0.2, 0) is 16.1 Å². The summed E-state index contributed by atoms with van der Waals surface area (Å²) in [5.74, 6) is -1.23. The molecule has 0 aromatic carbocycles. The molecule has 2 heterocycles. The molecule has 0 aliphatic carbocycles. The number of pyridine rings is 1. The van der Waals surface area contributed by atoms with E-state index in [4.69, 9.17) is 0 Å². The number of likely N-dealkylation sites (N-methyl/N-ethyl adjacent to an activating group) is 1. The van der Waals surface area contributed by atoms with E-state index in [1.165, 1.54) is 0 Å². The van der Waals surface area contributed by atoms with Crippen LogP contribution in [-0.4, -0.2) is 35.0 Å². The topological polar surface area (TPSA) is 84.6 Å². The Balaban J connectivity index is 1.90. The molecule has 0 bridgehead atoms. The highest BCUT2D eigenvalue weighted by Crippen LogP contribution is 2.30. The largest absolute Gasteiger partial charge is 0.550 e. The number of amides is 1. The number of aryl methyl sites for hydroxylation is 1. The van der Waals surface area contributed by atoms with Crippen molar-refractivity contribution in [1.82, 2.24) is 4.90 Å². The fourth-order valence-electron chi connectivity index (χ4n) is 2.84. The van der Waals surface area contributed by atoms with E-state index < -0.39 is 12.1 Å². The van der Waals surface area contributed by atoms with Gasteiger partial charge in [0.15, 0.2) is 12.4 Å². The molecule has 1 aromatic rings. The number of nitrogens with zero attached hydrogens (tertiary/aromatic N) is 2. The van der Waals surface area contributed by atoms with Crippen LogP contribution in [0.1, 0.15) is 43.7 Å². The van der Waals surface area contributed by atoms with Gasteiger partial charge < -0.3 is 19.9 Å². The Morgan fingerprint density at radius 2 is 2.23 bits per heavy atom. The predicted molar refractivity (Wildman–Crippen MR) is 76.2 cm³/mol. The number of carbonyl (C=O) groups is 2. The van der Waals surface area contributed by atoms with E-state index in [2.05, 4.69) is 0 Å². The quantitative estimate of drug-likeness (QED) is 0.546. The normalized spacial score (nSPS) is 21.4. The Bertz CT molecular complexity index is 547. The SMILES string of the molecule is CN1C(=O)[C@H](O)C[C@@H]1c1ccc[n+](CCCCCC(=O)[O-])c1. The van der Waals surface area contributed by atoms with Gasteiger partial charge >= 0.3 is 0 Å². The fraction of sp³-hybridized carbons (Fsp3) is 0.562. The molecule has 1 aromatic heterocycles. The summed E-state index contributed by atoms with van der Waals surface area (Å²) in [4.78, 5) is 23.6. The van der Waals surface area contributed by atoms with E-state index in [0.717, 1.165) is 24.9 Å². The van der Waals surface area contributed by atoms with Crippen molar-refractivity contribution in [2.75, 3.05) is 7.05 Å². The zero-order valence-electron chi connectivity index (χ0n) is 12.8. The van der Waals surface area contributed by atoms with Crippen molar-refractivity contribution in [3.63, 3.8) is 0 Å². The first kappa shape index (κ1) is 16.4. The van der Waals surface area contributed by atoms with Crippen molar-refractivity contribution in [2.45, 2.75) is 50.8 Å². The maximum atomic E-state index is 11.7. The monoisotopic (exact) mass is 306 g/mol. The molecule has 2 atom stereocenters. The summed E-state index contributed by atoms with van der Waals surface area (Å²) in [6, 6.07) is 3.80. The van der Waals surface area contributed by atoms with Crippen LogP contribution >= 0.6 is 0 Å². The van der Waals surface area contributed by atoms with Crippen LogP contribution in [0.2, 0.25) is 0 Å². The van der Waals surface area contributed by atoms with Gasteiger partial charge in [-0.3, -0.25) is 4.79 Å². The lowest BCUT2D eigenvalue weighted by molar-refractivity contribution is -0.697. The van der Waals surface area contributed by atoms with Gasteiger partial charge in [0.2, 0.25) is 0 Å². The van der Waals surface area contributed by atoms with E-state index in [1.54, 1.807) is 11.9 Å². The molecular formula is C16H22N2O4. The minimum Gasteiger partial charge on any atom is -0.550 e. The Morgan fingerprint density at radius 3 is 2.86 bits per heavy atom. The van der Waals surface area contributed by atoms with E-state index in [-0.39, 0.29) is 18.4 Å². The molecule has 1 amide bonds. The third-order valence-electron chi connectivity index (χ3n) is 4.11. The summed E-state index contributed by atoms with van der Waals surface area (Å²) in [7, 11) is 1.71. The summed E-state index contributed by atoms with van der Waals surface area (Å²) >= 11 is 0. The Kier molecular flexibility index (Phi) is 5.49. The number of carbonyl (C=O) groups excluding carboxylic acids is 2. The third kappa shape index (κ3) is 4.04. The van der Waals surface area contributed by atoms with Crippen LogP contribution in [0.4, 0.5) is 0 Å². The molecule has 2 rings (SSSR count). The lowest BCUT2D eigenvalue weighted by Crippen LogP contribution is -2.34. The summed E-state index contributed by atoms with van der Waals surface area (Å²) in [6.07, 6.45) is 5.93. The maximum Gasteiger partial charge on any atom is 0.251 e. The molecule has 22 heavy (non-hydrogen) atoms. The number of aromatic nitrogens is 1. The van der Waals surface area contributed by atoms with Gasteiger partial charge in [0.25, 0.3) is 5.91 Å². The third-order valence-corrected chi connectivity index (χ3v) is 4.11. The Morgan fingerprint density at radius 1 is 1.45 bits per heavy atom. The van der Waals surface area contributed by atoms with Gasteiger partial charge in [0.05, 0.1) is 6.04 Å². The Hall–Kier alpha value is -1.95. The van der Waals surface area contributed by atoms with Gasteiger partial charge in [-0.25, -0.2) is 4.57 Å². The van der Waals surface area contributed by atoms with E-state index in [9.17, 15) is 19.8 Å². The number of likely N-dealkylation sites (tertiary alicyclic amines) is 1. The van der Waals surface area contributed by atoms with Gasteiger partial charge in [0.1, 0.15) is 12.6 Å². The first-order valence-corrected chi connectivity index (χ1v) is 7.62. The van der Waals surface area contributed by atoms with Crippen molar-refractivity contribution >= 4 is 11.9 Å². The highest BCUT2D eigenvalue weighted by atomic mass is 16.4. The number of aliphatic hydroxyl groups is 1. The highest BCUT2D eigenvalue weighted by molar-refractivity contribution is 5.83. The molecule has 0 saturated carbocycles. The van der Waals surface area contributed by atoms with E-state index >= 15 is 0 Å². The number of unbranched alkanes of at least 4 members (excludes halogenated alkanes) is 2. The van der Waals surface area contributed by atoms with E-state index in [1.807, 2.05) is 29.1 Å². The second kappa shape index (κ2) is 7.35. The summed E-state index contributed by atoms with van der Waals surface area (Å²) < 4.78 is 2.04. The molecule has 6 heteroatoms. The smallest absolute Gasteiger partial charge is 0.251 e. The molecule has 0 radical (unpaired) electrons. The number of hydrogen-bond donors (Lipinski definition) is 1. The second-order valence-corrected chi connectivity index (χ2v) is 5.77. The Labute approximate surface area is 130 Å². The zero-order valence-corrected chi connectivity index (χ0v) is 12.8. The number of aliphatic hydroxyl groups excluding tert-OH is 1. The number of aliphatic carboxylic acids is 1. The predicted octanol–water partition coefficient (Wildman–Crippen LogP) is -0.451. The standard InChI is InChI=1S/C16H22N2O4/c1-17-13(10-14(19)16(17)22)12-6-5-9-18(11-12)8-4-2-3-7-15(20)21/h5-6,9,11,13-14,19H,2-4,7-8,10H2,1H3/t13-,14-/m1/s1. The average Bonchev–Trinajstić information content (AvgIpc) is 2.74. The minimum atomic E-state index is -0.998. The molecule has 1 aliphatic rings. The van der Waals surface area contributed by atoms with Crippen molar-refractivity contribution in [3.8, 4) is 0 Å². The molecular weight excluding hydrogens is 284 g/mol. The van der Waals surface area contributed by atoms with Crippen molar-refractivity contribution < 1.29 is 24.4 Å². The van der Waals surface area contributed by atoms with Crippen molar-refractivity contribution in [1.29, 1.82) is 0 Å². The van der Waals surface area contributed by atoms with Crippen LogP contribution in [0.15, 0.2) is 24.5 Å². The molecule has 1 N–H and O–H groups in total. The molecule has 1 fully saturated rings. The average molecular weight is 306 g/mol. The molecule has 0 spiro atoms. The van der Waals surface area contributed by atoms with Crippen LogP contribution in [0, 0.1) is 0 Å². The second-order valence-electron chi connectivity index (χ2n) is 5.77. The summed E-state index contributed by atoms with van der Waals surface area (Å²) in [5.41, 5.74) is 1.00. The van der Waals surface area contributed by atoms with Crippen molar-refractivity contribution in [3.05, 3.63) is 30.1 Å².